The van der Waals surface area contributed by atoms with Crippen LogP contribution in [0, 0.1) is 0 Å². The molecule has 0 saturated carbocycles. The minimum absolute atomic E-state index is 0.00157. The van der Waals surface area contributed by atoms with Crippen molar-refractivity contribution in [1.29, 1.82) is 0 Å². The Morgan fingerprint density at radius 1 is 1.13 bits per heavy atom. The van der Waals surface area contributed by atoms with Gasteiger partial charge in [0, 0.05) is 0 Å². The van der Waals surface area contributed by atoms with Crippen LogP contribution in [0.4, 0.5) is 4.79 Å². The number of carboxylic acids is 1. The van der Waals surface area contributed by atoms with Gasteiger partial charge >= 0.3 is 12.0 Å². The van der Waals surface area contributed by atoms with Gasteiger partial charge in [-0.3, -0.25) is 20.2 Å². The third kappa shape index (κ3) is 3.99. The summed E-state index contributed by atoms with van der Waals surface area (Å²) in [7, 11) is 0. The van der Waals surface area contributed by atoms with E-state index in [1.807, 2.05) is 10.6 Å². The number of benzene rings is 1. The minimum Gasteiger partial charge on any atom is -0.479 e. The van der Waals surface area contributed by atoms with E-state index in [1.165, 1.54) is 18.2 Å². The van der Waals surface area contributed by atoms with Gasteiger partial charge in [-0.05, 0) is 23.8 Å². The molecular weight excluding hydrogens is 351 g/mol. The Bertz CT molecular complexity index is 714. The first-order valence-corrected chi connectivity index (χ1v) is 6.75. The van der Waals surface area contributed by atoms with Crippen LogP contribution < -0.4 is 15.4 Å². The molecule has 1 fully saturated rings. The number of halogens is 2. The van der Waals surface area contributed by atoms with Crippen LogP contribution in [-0.4, -0.2) is 35.5 Å². The zero-order chi connectivity index (χ0) is 17.1. The normalized spacial score (nSPS) is 14.2. The van der Waals surface area contributed by atoms with Crippen LogP contribution in [0.25, 0.3) is 6.08 Å². The number of carbonyl (C=O) groups is 4. The van der Waals surface area contributed by atoms with Gasteiger partial charge in [0.2, 0.25) is 0 Å². The summed E-state index contributed by atoms with van der Waals surface area (Å²) in [4.78, 5) is 44.7. The lowest BCUT2D eigenvalue weighted by Gasteiger charge is -2.14. The Labute approximate surface area is 139 Å². The number of urea groups is 1. The van der Waals surface area contributed by atoms with Crippen LogP contribution in [0.1, 0.15) is 5.56 Å². The molecule has 0 unspecified atom stereocenters. The summed E-state index contributed by atoms with van der Waals surface area (Å²) >= 11 is 11.9. The number of rotatable bonds is 4. The number of imide groups is 2. The van der Waals surface area contributed by atoms with Crippen molar-refractivity contribution in [3.63, 3.8) is 0 Å². The van der Waals surface area contributed by atoms with Gasteiger partial charge < -0.3 is 9.84 Å². The highest BCUT2D eigenvalue weighted by molar-refractivity contribution is 6.37. The predicted octanol–water partition coefficient (Wildman–Crippen LogP) is 1.21. The first kappa shape index (κ1) is 16.8. The molecule has 3 N–H and O–H groups in total. The Kier molecular flexibility index (Phi) is 4.87. The van der Waals surface area contributed by atoms with Gasteiger partial charge in [-0.25, -0.2) is 9.59 Å². The third-order valence-corrected chi connectivity index (χ3v) is 3.18. The SMILES string of the molecule is O=C(O)COc1c(Cl)cc(C=C2C(=O)NC(=O)NC2=O)cc1Cl. The molecule has 0 atom stereocenters. The van der Waals surface area contributed by atoms with Gasteiger partial charge in [0.1, 0.15) is 5.57 Å². The second-order valence-electron chi connectivity index (χ2n) is 4.29. The summed E-state index contributed by atoms with van der Waals surface area (Å²) < 4.78 is 4.94. The van der Waals surface area contributed by atoms with Crippen molar-refractivity contribution >= 4 is 53.1 Å². The van der Waals surface area contributed by atoms with Gasteiger partial charge in [-0.1, -0.05) is 23.2 Å². The number of amides is 4. The predicted molar refractivity (Wildman–Crippen MR) is 79.3 cm³/mol. The highest BCUT2D eigenvalue weighted by Gasteiger charge is 2.27. The number of aliphatic carboxylic acids is 1. The molecule has 120 valence electrons. The van der Waals surface area contributed by atoms with Crippen molar-refractivity contribution < 1.29 is 29.0 Å². The van der Waals surface area contributed by atoms with E-state index < -0.39 is 30.4 Å². The molecule has 1 aromatic rings. The quantitative estimate of drug-likeness (QED) is 0.549. The number of barbiturate groups is 1. The Morgan fingerprint density at radius 2 is 1.65 bits per heavy atom. The van der Waals surface area contributed by atoms with Crippen molar-refractivity contribution in [3.05, 3.63) is 33.3 Å². The molecule has 10 heteroatoms. The van der Waals surface area contributed by atoms with Gasteiger partial charge in [-0.15, -0.1) is 0 Å². The number of hydrogen-bond donors (Lipinski definition) is 3. The molecule has 1 aliphatic rings. The van der Waals surface area contributed by atoms with E-state index in [0.717, 1.165) is 0 Å². The van der Waals surface area contributed by atoms with Crippen LogP contribution in [0.5, 0.6) is 5.75 Å². The molecule has 23 heavy (non-hydrogen) atoms. The van der Waals surface area contributed by atoms with Crippen LogP contribution in [0.15, 0.2) is 17.7 Å². The van der Waals surface area contributed by atoms with Crippen molar-refractivity contribution in [2.75, 3.05) is 6.61 Å². The van der Waals surface area contributed by atoms with Crippen molar-refractivity contribution in [2.24, 2.45) is 0 Å². The molecule has 0 radical (unpaired) electrons. The lowest BCUT2D eigenvalue weighted by Crippen LogP contribution is -2.51. The number of ether oxygens (including phenoxy) is 1. The molecule has 0 aromatic heterocycles. The summed E-state index contributed by atoms with van der Waals surface area (Å²) in [5, 5.41) is 12.4. The summed E-state index contributed by atoms with van der Waals surface area (Å²) in [6.45, 7) is -0.632. The molecule has 0 aliphatic carbocycles. The monoisotopic (exact) mass is 358 g/mol. The molecule has 8 nitrogen and oxygen atoms in total. The van der Waals surface area contributed by atoms with E-state index in [4.69, 9.17) is 33.0 Å². The zero-order valence-corrected chi connectivity index (χ0v) is 12.7. The Balaban J connectivity index is 2.32. The topological polar surface area (TPSA) is 122 Å². The summed E-state index contributed by atoms with van der Waals surface area (Å²) in [5.41, 5.74) is -0.0201. The van der Waals surface area contributed by atoms with Crippen molar-refractivity contribution in [1.82, 2.24) is 10.6 Å². The molecule has 1 saturated heterocycles. The molecule has 1 heterocycles. The highest BCUT2D eigenvalue weighted by atomic mass is 35.5. The number of carbonyl (C=O) groups excluding carboxylic acids is 3. The summed E-state index contributed by atoms with van der Waals surface area (Å²) in [5.74, 6) is -2.97. The van der Waals surface area contributed by atoms with E-state index in [1.54, 1.807) is 0 Å². The fourth-order valence-electron chi connectivity index (χ4n) is 1.71. The average Bonchev–Trinajstić information content (AvgIpc) is 2.41. The van der Waals surface area contributed by atoms with Crippen LogP contribution in [0.3, 0.4) is 0 Å². The maximum atomic E-state index is 11.6. The van der Waals surface area contributed by atoms with Gasteiger partial charge in [-0.2, -0.15) is 0 Å². The molecular formula is C13H8Cl2N2O6. The van der Waals surface area contributed by atoms with Gasteiger partial charge in [0.25, 0.3) is 11.8 Å². The molecule has 1 aliphatic heterocycles. The minimum atomic E-state index is -1.21. The molecule has 0 spiro atoms. The number of nitrogens with one attached hydrogen (secondary N) is 2. The maximum absolute atomic E-state index is 11.6. The van der Waals surface area contributed by atoms with Crippen molar-refractivity contribution in [2.45, 2.75) is 0 Å². The highest BCUT2D eigenvalue weighted by Crippen LogP contribution is 2.34. The maximum Gasteiger partial charge on any atom is 0.341 e. The second-order valence-corrected chi connectivity index (χ2v) is 5.11. The first-order chi connectivity index (χ1) is 10.8. The Hall–Kier alpha value is -2.58. The summed E-state index contributed by atoms with van der Waals surface area (Å²) in [6, 6.07) is 1.74. The second kappa shape index (κ2) is 6.67. The molecule has 2 rings (SSSR count). The lowest BCUT2D eigenvalue weighted by atomic mass is 10.1. The van der Waals surface area contributed by atoms with E-state index in [9.17, 15) is 19.2 Å². The smallest absolute Gasteiger partial charge is 0.341 e. The number of hydrogen-bond acceptors (Lipinski definition) is 5. The van der Waals surface area contributed by atoms with E-state index in [0.29, 0.717) is 0 Å². The molecule has 1 aromatic carbocycles. The van der Waals surface area contributed by atoms with Crippen LogP contribution in [-0.2, 0) is 14.4 Å². The van der Waals surface area contributed by atoms with E-state index >= 15 is 0 Å². The molecule has 0 bridgehead atoms. The fraction of sp³-hybridized carbons (Fsp3) is 0.0769. The first-order valence-electron chi connectivity index (χ1n) is 6.00. The number of carboxylic acid groups (broad SMARTS) is 1. The van der Waals surface area contributed by atoms with Crippen LogP contribution in [0.2, 0.25) is 10.0 Å². The molecule has 4 amide bonds. The summed E-state index contributed by atoms with van der Waals surface area (Å²) in [6.07, 6.45) is 1.18. The largest absolute Gasteiger partial charge is 0.479 e. The lowest BCUT2D eigenvalue weighted by molar-refractivity contribution is -0.139. The van der Waals surface area contributed by atoms with Crippen LogP contribution >= 0.6 is 23.2 Å². The van der Waals surface area contributed by atoms with Crippen molar-refractivity contribution in [3.8, 4) is 5.75 Å². The van der Waals surface area contributed by atoms with Gasteiger partial charge in [0.05, 0.1) is 10.0 Å². The Morgan fingerprint density at radius 3 is 2.13 bits per heavy atom. The standard InChI is InChI=1S/C13H8Cl2N2O6/c14-7-2-5(3-8(15)10(7)23-4-9(18)19)1-6-11(20)16-13(22)17-12(6)21/h1-3H,4H2,(H,18,19)(H2,16,17,20,21,22). The third-order valence-electron chi connectivity index (χ3n) is 2.61. The van der Waals surface area contributed by atoms with E-state index in [-0.39, 0.29) is 26.9 Å². The fourth-order valence-corrected chi connectivity index (χ4v) is 2.32. The van der Waals surface area contributed by atoms with Gasteiger partial charge in [0.15, 0.2) is 12.4 Å². The van der Waals surface area contributed by atoms with E-state index in [2.05, 4.69) is 0 Å². The average molecular weight is 359 g/mol. The zero-order valence-electron chi connectivity index (χ0n) is 11.2.